The third-order valence-corrected chi connectivity index (χ3v) is 6.17. The quantitative estimate of drug-likeness (QED) is 0.650. The summed E-state index contributed by atoms with van der Waals surface area (Å²) < 4.78 is 7.83. The smallest absolute Gasteiger partial charge is 0.255 e. The fraction of sp³-hybridized carbons (Fsp3) is 0.375. The molecule has 7 nitrogen and oxygen atoms in total. The molecule has 2 aliphatic heterocycles. The molecule has 2 aromatic heterocycles. The minimum Gasteiger partial charge on any atom is -0.371 e. The Morgan fingerprint density at radius 1 is 1.00 bits per heavy atom. The molecule has 2 saturated heterocycles. The molecule has 1 atom stereocenters. The van der Waals surface area contributed by atoms with E-state index < -0.39 is 0 Å². The van der Waals surface area contributed by atoms with Crippen molar-refractivity contribution in [3.8, 4) is 11.3 Å². The third kappa shape index (κ3) is 3.93. The summed E-state index contributed by atoms with van der Waals surface area (Å²) in [7, 11) is 1.78. The maximum atomic E-state index is 12.7. The summed E-state index contributed by atoms with van der Waals surface area (Å²) in [6.07, 6.45) is 5.84. The normalized spacial score (nSPS) is 19.1. The number of nitrogens with zero attached hydrogens (tertiary/aromatic N) is 5. The van der Waals surface area contributed by atoms with Crippen molar-refractivity contribution in [2.75, 3.05) is 42.6 Å². The van der Waals surface area contributed by atoms with Crippen LogP contribution in [0.3, 0.4) is 0 Å². The van der Waals surface area contributed by atoms with Gasteiger partial charge >= 0.3 is 0 Å². The van der Waals surface area contributed by atoms with Crippen molar-refractivity contribution < 1.29 is 4.74 Å². The summed E-state index contributed by atoms with van der Waals surface area (Å²) in [5, 5.41) is 0. The Morgan fingerprint density at radius 2 is 1.77 bits per heavy atom. The molecule has 2 aliphatic rings. The number of ether oxygens (including phenoxy) is 1. The third-order valence-electron chi connectivity index (χ3n) is 6.17. The first-order valence-corrected chi connectivity index (χ1v) is 10.9. The van der Waals surface area contributed by atoms with Crippen LogP contribution in [0.1, 0.15) is 24.5 Å². The van der Waals surface area contributed by atoms with Gasteiger partial charge in [0.05, 0.1) is 18.8 Å². The van der Waals surface area contributed by atoms with Crippen molar-refractivity contribution >= 4 is 11.6 Å². The van der Waals surface area contributed by atoms with E-state index in [1.807, 2.05) is 12.1 Å². The molecule has 1 aromatic carbocycles. The standard InChI is InChI=1S/C24H27N5O2/c1-27-23(30)16-20(18-8-10-25-11-9-18)26-24(27)29-14-15-31-22(17-29)19-6-2-3-7-21(19)28-12-4-5-13-28/h2-3,6-11,16,22H,4-5,12-15,17H2,1H3. The Bertz CT molecular complexity index is 1110. The van der Waals surface area contributed by atoms with Gasteiger partial charge in [-0.1, -0.05) is 18.2 Å². The van der Waals surface area contributed by atoms with Gasteiger partial charge in [0, 0.05) is 62.0 Å². The average molecular weight is 418 g/mol. The first-order valence-electron chi connectivity index (χ1n) is 10.9. The molecule has 0 spiro atoms. The first kappa shape index (κ1) is 19.8. The van der Waals surface area contributed by atoms with Crippen molar-refractivity contribution in [3.63, 3.8) is 0 Å². The van der Waals surface area contributed by atoms with Gasteiger partial charge in [0.2, 0.25) is 5.95 Å². The number of para-hydroxylation sites is 1. The lowest BCUT2D eigenvalue weighted by molar-refractivity contribution is 0.0392. The highest BCUT2D eigenvalue weighted by atomic mass is 16.5. The van der Waals surface area contributed by atoms with Gasteiger partial charge in [0.25, 0.3) is 5.56 Å². The number of rotatable bonds is 4. The van der Waals surface area contributed by atoms with Gasteiger partial charge in [-0.3, -0.25) is 14.3 Å². The highest BCUT2D eigenvalue weighted by Gasteiger charge is 2.28. The van der Waals surface area contributed by atoms with E-state index in [1.54, 1.807) is 30.1 Å². The van der Waals surface area contributed by atoms with E-state index in [9.17, 15) is 4.79 Å². The van der Waals surface area contributed by atoms with Gasteiger partial charge in [-0.15, -0.1) is 0 Å². The summed E-state index contributed by atoms with van der Waals surface area (Å²) in [6, 6.07) is 13.9. The lowest BCUT2D eigenvalue weighted by atomic mass is 10.0. The number of benzene rings is 1. The van der Waals surface area contributed by atoms with Crippen LogP contribution >= 0.6 is 0 Å². The second-order valence-electron chi connectivity index (χ2n) is 8.13. The summed E-state index contributed by atoms with van der Waals surface area (Å²) in [4.78, 5) is 26.2. The summed E-state index contributed by atoms with van der Waals surface area (Å²) in [5.41, 5.74) is 3.96. The van der Waals surface area contributed by atoms with E-state index in [-0.39, 0.29) is 11.7 Å². The van der Waals surface area contributed by atoms with Crippen LogP contribution in [-0.2, 0) is 11.8 Å². The van der Waals surface area contributed by atoms with Gasteiger partial charge in [0.1, 0.15) is 6.10 Å². The number of aromatic nitrogens is 3. The van der Waals surface area contributed by atoms with Crippen molar-refractivity contribution in [3.05, 3.63) is 70.8 Å². The molecule has 2 fully saturated rings. The minimum atomic E-state index is -0.0719. The van der Waals surface area contributed by atoms with Gasteiger partial charge in [0.15, 0.2) is 0 Å². The first-order chi connectivity index (χ1) is 15.2. The fourth-order valence-corrected chi connectivity index (χ4v) is 4.51. The second kappa shape index (κ2) is 8.51. The Morgan fingerprint density at radius 3 is 2.58 bits per heavy atom. The monoisotopic (exact) mass is 417 g/mol. The predicted octanol–water partition coefficient (Wildman–Crippen LogP) is 3.02. The zero-order valence-electron chi connectivity index (χ0n) is 17.8. The molecule has 1 unspecified atom stereocenters. The molecule has 3 aromatic rings. The molecule has 4 heterocycles. The lowest BCUT2D eigenvalue weighted by Crippen LogP contribution is -2.42. The SMILES string of the molecule is Cn1c(N2CCOC(c3ccccc3N3CCCC3)C2)nc(-c2ccncc2)cc1=O. The molecule has 0 N–H and O–H groups in total. The van der Waals surface area contributed by atoms with Crippen LogP contribution in [0.4, 0.5) is 11.6 Å². The van der Waals surface area contributed by atoms with E-state index >= 15 is 0 Å². The summed E-state index contributed by atoms with van der Waals surface area (Å²) in [6.45, 7) is 4.14. The largest absolute Gasteiger partial charge is 0.371 e. The average Bonchev–Trinajstić information content (AvgIpc) is 3.36. The van der Waals surface area contributed by atoms with E-state index in [0.29, 0.717) is 31.3 Å². The maximum Gasteiger partial charge on any atom is 0.255 e. The van der Waals surface area contributed by atoms with Crippen LogP contribution in [0.2, 0.25) is 0 Å². The van der Waals surface area contributed by atoms with E-state index in [0.717, 1.165) is 18.7 Å². The Balaban J connectivity index is 1.47. The molecule has 160 valence electrons. The highest BCUT2D eigenvalue weighted by Crippen LogP contribution is 2.33. The van der Waals surface area contributed by atoms with Crippen molar-refractivity contribution in [1.29, 1.82) is 0 Å². The molecule has 7 heteroatoms. The minimum absolute atomic E-state index is 0.0629. The Labute approximate surface area is 181 Å². The molecule has 0 radical (unpaired) electrons. The number of hydrogen-bond acceptors (Lipinski definition) is 6. The molecule has 0 saturated carbocycles. The summed E-state index contributed by atoms with van der Waals surface area (Å²) in [5.74, 6) is 0.672. The molecule has 0 amide bonds. The van der Waals surface area contributed by atoms with Crippen LogP contribution in [-0.4, -0.2) is 47.3 Å². The van der Waals surface area contributed by atoms with Gasteiger partial charge < -0.3 is 14.5 Å². The van der Waals surface area contributed by atoms with Gasteiger partial charge in [-0.05, 0) is 31.0 Å². The topological polar surface area (TPSA) is 63.5 Å². The molecular formula is C24H27N5O2. The summed E-state index contributed by atoms with van der Waals surface area (Å²) >= 11 is 0. The van der Waals surface area contributed by atoms with Crippen LogP contribution in [0.5, 0.6) is 0 Å². The van der Waals surface area contributed by atoms with Crippen molar-refractivity contribution in [1.82, 2.24) is 14.5 Å². The number of pyridine rings is 1. The Hall–Kier alpha value is -3.19. The van der Waals surface area contributed by atoms with Crippen molar-refractivity contribution in [2.45, 2.75) is 18.9 Å². The molecule has 5 rings (SSSR count). The van der Waals surface area contributed by atoms with Crippen molar-refractivity contribution in [2.24, 2.45) is 7.05 Å². The predicted molar refractivity (Wildman–Crippen MR) is 122 cm³/mol. The Kier molecular flexibility index (Phi) is 5.42. The number of hydrogen-bond donors (Lipinski definition) is 0. The van der Waals surface area contributed by atoms with E-state index in [4.69, 9.17) is 9.72 Å². The lowest BCUT2D eigenvalue weighted by Gasteiger charge is -2.36. The number of morpholine rings is 1. The molecular weight excluding hydrogens is 390 g/mol. The molecule has 0 aliphatic carbocycles. The zero-order chi connectivity index (χ0) is 21.2. The zero-order valence-corrected chi connectivity index (χ0v) is 17.8. The number of anilines is 2. The maximum absolute atomic E-state index is 12.7. The van der Waals surface area contributed by atoms with E-state index in [2.05, 4.69) is 39.0 Å². The fourth-order valence-electron chi connectivity index (χ4n) is 4.51. The van der Waals surface area contributed by atoms with E-state index in [1.165, 1.54) is 24.1 Å². The van der Waals surface area contributed by atoms with Crippen LogP contribution < -0.4 is 15.4 Å². The van der Waals surface area contributed by atoms with Crippen LogP contribution in [0.25, 0.3) is 11.3 Å². The highest BCUT2D eigenvalue weighted by molar-refractivity contribution is 5.60. The van der Waals surface area contributed by atoms with Crippen LogP contribution in [0, 0.1) is 0 Å². The van der Waals surface area contributed by atoms with Crippen LogP contribution in [0.15, 0.2) is 59.7 Å². The molecule has 0 bridgehead atoms. The van der Waals surface area contributed by atoms with Gasteiger partial charge in [-0.2, -0.15) is 0 Å². The second-order valence-corrected chi connectivity index (χ2v) is 8.13. The molecule has 31 heavy (non-hydrogen) atoms. The van der Waals surface area contributed by atoms with Gasteiger partial charge in [-0.25, -0.2) is 4.98 Å².